The van der Waals surface area contributed by atoms with Crippen molar-refractivity contribution in [1.82, 2.24) is 29.1 Å². The lowest BCUT2D eigenvalue weighted by atomic mass is 10.2. The highest BCUT2D eigenvalue weighted by Crippen LogP contribution is 2.32. The molecule has 0 spiro atoms. The molecule has 1 fully saturated rings. The Hall–Kier alpha value is -4.38. The predicted octanol–water partition coefficient (Wildman–Crippen LogP) is 4.04. The van der Waals surface area contributed by atoms with Crippen LogP contribution < -0.4 is 16.1 Å². The van der Waals surface area contributed by atoms with Gasteiger partial charge in [0.15, 0.2) is 5.65 Å². The number of rotatable bonds is 9. The lowest BCUT2D eigenvalue weighted by molar-refractivity contribution is 0.0986. The number of carbonyl (C=O) groups excluding carboxylic acids is 1. The maximum Gasteiger partial charge on any atom is 0.333 e. The van der Waals surface area contributed by atoms with Gasteiger partial charge in [0, 0.05) is 48.2 Å². The number of hydrogen-bond acceptors (Lipinski definition) is 7. The number of amides is 1. The van der Waals surface area contributed by atoms with Gasteiger partial charge in [-0.25, -0.2) is 14.8 Å². The maximum atomic E-state index is 13.4. The van der Waals surface area contributed by atoms with Crippen LogP contribution in [-0.2, 0) is 13.0 Å². The molecule has 1 aliphatic rings. The minimum Gasteiger partial charge on any atom is -0.332 e. The summed E-state index contributed by atoms with van der Waals surface area (Å²) in [5, 5.41) is 2.02. The van der Waals surface area contributed by atoms with Gasteiger partial charge in [-0.05, 0) is 61.4 Å². The maximum absolute atomic E-state index is 13.4. The summed E-state index contributed by atoms with van der Waals surface area (Å²) in [5.74, 6) is 0.759. The number of aromatic amines is 1. The third-order valence-electron chi connectivity index (χ3n) is 6.78. The molecule has 39 heavy (non-hydrogen) atoms. The molecule has 5 heterocycles. The first-order valence-corrected chi connectivity index (χ1v) is 13.9. The molecule has 10 nitrogen and oxygen atoms in total. The number of hydrogen-bond donors (Lipinski definition) is 1. The zero-order chi connectivity index (χ0) is 26.9. The number of aromatic nitrogens is 6. The van der Waals surface area contributed by atoms with E-state index in [1.54, 1.807) is 57.6 Å². The fourth-order valence-corrected chi connectivity index (χ4v) is 5.38. The van der Waals surface area contributed by atoms with Gasteiger partial charge in [-0.2, -0.15) is 0 Å². The van der Waals surface area contributed by atoms with Crippen molar-refractivity contribution in [3.8, 4) is 11.4 Å². The summed E-state index contributed by atoms with van der Waals surface area (Å²) < 4.78 is 2.94. The Morgan fingerprint density at radius 1 is 1.15 bits per heavy atom. The summed E-state index contributed by atoms with van der Waals surface area (Å²) in [6.45, 7) is 2.91. The van der Waals surface area contributed by atoms with Crippen molar-refractivity contribution in [2.45, 2.75) is 45.2 Å². The first-order chi connectivity index (χ1) is 19.0. The van der Waals surface area contributed by atoms with Gasteiger partial charge in [0.05, 0.1) is 5.56 Å². The van der Waals surface area contributed by atoms with Crippen molar-refractivity contribution in [2.24, 2.45) is 0 Å². The highest BCUT2D eigenvalue weighted by atomic mass is 32.1. The van der Waals surface area contributed by atoms with Gasteiger partial charge in [-0.3, -0.25) is 28.6 Å². The van der Waals surface area contributed by atoms with E-state index in [-0.39, 0.29) is 23.2 Å². The molecule has 1 N–H and O–H groups in total. The van der Waals surface area contributed by atoms with Gasteiger partial charge >= 0.3 is 5.69 Å². The molecular formula is C28H27N7O3S. The predicted molar refractivity (Wildman–Crippen MR) is 150 cm³/mol. The van der Waals surface area contributed by atoms with Crippen LogP contribution in [0.1, 0.15) is 47.5 Å². The van der Waals surface area contributed by atoms with Crippen LogP contribution in [-0.4, -0.2) is 41.5 Å². The molecule has 5 aromatic rings. The Bertz CT molecular complexity index is 1730. The third kappa shape index (κ3) is 4.81. The van der Waals surface area contributed by atoms with Crippen LogP contribution in [0.5, 0.6) is 0 Å². The second kappa shape index (κ2) is 10.4. The number of fused-ring (bicyclic) bond motifs is 1. The van der Waals surface area contributed by atoms with Crippen LogP contribution in [0.2, 0.25) is 0 Å². The van der Waals surface area contributed by atoms with E-state index in [9.17, 15) is 14.4 Å². The minimum atomic E-state index is -0.338. The Balaban J connectivity index is 1.35. The summed E-state index contributed by atoms with van der Waals surface area (Å²) in [6.07, 6.45) is 7.91. The summed E-state index contributed by atoms with van der Waals surface area (Å²) in [4.78, 5) is 58.9. The molecule has 1 saturated carbocycles. The molecular weight excluding hydrogens is 514 g/mol. The van der Waals surface area contributed by atoms with Gasteiger partial charge in [-0.1, -0.05) is 13.0 Å². The molecule has 0 bridgehead atoms. The van der Waals surface area contributed by atoms with Crippen molar-refractivity contribution >= 4 is 34.2 Å². The van der Waals surface area contributed by atoms with Gasteiger partial charge in [0.1, 0.15) is 17.2 Å². The van der Waals surface area contributed by atoms with Crippen molar-refractivity contribution in [3.05, 3.63) is 91.6 Å². The number of carbonyl (C=O) groups is 1. The second-order valence-electron chi connectivity index (χ2n) is 9.56. The zero-order valence-corrected chi connectivity index (χ0v) is 22.2. The Kier molecular flexibility index (Phi) is 6.65. The lowest BCUT2D eigenvalue weighted by Gasteiger charge is -2.21. The molecule has 1 amide bonds. The van der Waals surface area contributed by atoms with Crippen LogP contribution >= 0.6 is 11.3 Å². The van der Waals surface area contributed by atoms with Crippen LogP contribution in [0.15, 0.2) is 70.0 Å². The molecule has 5 aromatic heterocycles. The molecule has 0 atom stereocenters. The fraction of sp³-hybridized carbons (Fsp3) is 0.286. The molecule has 6 rings (SSSR count). The molecule has 0 saturated heterocycles. The van der Waals surface area contributed by atoms with E-state index in [1.165, 1.54) is 9.44 Å². The monoisotopic (exact) mass is 541 g/mol. The molecule has 0 aromatic carbocycles. The van der Waals surface area contributed by atoms with E-state index in [0.717, 1.165) is 19.3 Å². The first kappa shape index (κ1) is 24.9. The number of thiophene rings is 1. The summed E-state index contributed by atoms with van der Waals surface area (Å²) in [6, 6.07) is 11.1. The highest BCUT2D eigenvalue weighted by molar-refractivity contribution is 7.09. The van der Waals surface area contributed by atoms with Gasteiger partial charge in [0.2, 0.25) is 0 Å². The van der Waals surface area contributed by atoms with E-state index < -0.39 is 0 Å². The van der Waals surface area contributed by atoms with E-state index in [4.69, 9.17) is 0 Å². The molecule has 198 valence electrons. The molecule has 0 radical (unpaired) electrons. The van der Waals surface area contributed by atoms with E-state index in [2.05, 4.69) is 19.9 Å². The number of H-pyrrole nitrogens is 1. The lowest BCUT2D eigenvalue weighted by Crippen LogP contribution is -2.39. The van der Waals surface area contributed by atoms with Crippen LogP contribution in [0.25, 0.3) is 22.6 Å². The Morgan fingerprint density at radius 3 is 2.69 bits per heavy atom. The summed E-state index contributed by atoms with van der Waals surface area (Å²) in [7, 11) is 0. The number of nitrogens with one attached hydrogen (secondary N) is 1. The molecule has 0 aliphatic heterocycles. The van der Waals surface area contributed by atoms with Crippen molar-refractivity contribution in [3.63, 3.8) is 0 Å². The van der Waals surface area contributed by atoms with Gasteiger partial charge in [-0.15, -0.1) is 11.3 Å². The van der Waals surface area contributed by atoms with Gasteiger partial charge in [0.25, 0.3) is 11.5 Å². The van der Waals surface area contributed by atoms with Crippen LogP contribution in [0.3, 0.4) is 0 Å². The largest absolute Gasteiger partial charge is 0.333 e. The summed E-state index contributed by atoms with van der Waals surface area (Å²) in [5.41, 5.74) is 1.15. The quantitative estimate of drug-likeness (QED) is 0.301. The van der Waals surface area contributed by atoms with Crippen molar-refractivity contribution < 1.29 is 4.79 Å². The smallest absolute Gasteiger partial charge is 0.332 e. The Morgan fingerprint density at radius 2 is 2.03 bits per heavy atom. The summed E-state index contributed by atoms with van der Waals surface area (Å²) >= 11 is 1.65. The van der Waals surface area contributed by atoms with Crippen LogP contribution in [0.4, 0.5) is 5.82 Å². The third-order valence-corrected chi connectivity index (χ3v) is 7.72. The van der Waals surface area contributed by atoms with E-state index in [1.807, 2.05) is 30.5 Å². The number of aryl methyl sites for hydroxylation is 1. The van der Waals surface area contributed by atoms with E-state index >= 15 is 0 Å². The number of pyridine rings is 2. The molecule has 1 aliphatic carbocycles. The number of anilines is 1. The molecule has 11 heteroatoms. The second-order valence-corrected chi connectivity index (χ2v) is 10.6. The SMILES string of the molecule is CCCn1c(=O)n(C2CC2)c(=O)c2[nH]c(-c3ccc(N(CCc4cccs4)C(=O)c4cccnc4)nc3)nc21. The topological polar surface area (TPSA) is 119 Å². The first-order valence-electron chi connectivity index (χ1n) is 13.0. The standard InChI is InChI=1S/C28H27N7O3S/c1-2-13-34-25-23(27(37)35(28(34)38)20-8-9-20)31-24(32-25)18-7-10-22(30-17-18)33(14-11-21-6-4-15-39-21)26(36)19-5-3-12-29-16-19/h3-7,10,12,15-17,20H,2,8-9,11,13-14H2,1H3,(H,31,32). The Labute approximate surface area is 227 Å². The van der Waals surface area contributed by atoms with Crippen LogP contribution in [0, 0.1) is 0 Å². The fourth-order valence-electron chi connectivity index (χ4n) is 4.68. The minimum absolute atomic E-state index is 0.0391. The zero-order valence-electron chi connectivity index (χ0n) is 21.4. The molecule has 0 unspecified atom stereocenters. The number of imidazole rings is 1. The normalized spacial score (nSPS) is 13.2. The highest BCUT2D eigenvalue weighted by Gasteiger charge is 2.30. The van der Waals surface area contributed by atoms with Crippen molar-refractivity contribution in [1.29, 1.82) is 0 Å². The van der Waals surface area contributed by atoms with E-state index in [0.29, 0.717) is 53.4 Å². The average Bonchev–Trinajstić information content (AvgIpc) is 3.46. The van der Waals surface area contributed by atoms with Crippen molar-refractivity contribution in [2.75, 3.05) is 11.4 Å². The number of nitrogens with zero attached hydrogens (tertiary/aromatic N) is 6. The van der Waals surface area contributed by atoms with Gasteiger partial charge < -0.3 is 4.98 Å². The average molecular weight is 542 g/mol.